The van der Waals surface area contributed by atoms with Crippen LogP contribution in [0.1, 0.15) is 27.2 Å². The Morgan fingerprint density at radius 1 is 1.09 bits per heavy atom. The minimum Gasteiger partial charge on any atom is -0.408 e. The summed E-state index contributed by atoms with van der Waals surface area (Å²) in [6, 6.07) is 4.46. The molecule has 0 spiro atoms. The van der Waals surface area contributed by atoms with Crippen LogP contribution in [0.25, 0.3) is 11.1 Å². The molecule has 0 bridgehead atoms. The molecule has 2 aliphatic rings. The highest BCUT2D eigenvalue weighted by Gasteiger charge is 2.32. The predicted octanol–water partition coefficient (Wildman–Crippen LogP) is 1.43. The molecular formula is C22H32N4O5S. The molecule has 2 aromatic rings. The van der Waals surface area contributed by atoms with Gasteiger partial charge in [-0.05, 0) is 36.9 Å². The zero-order valence-electron chi connectivity index (χ0n) is 19.0. The van der Waals surface area contributed by atoms with Gasteiger partial charge in [0.2, 0.25) is 15.9 Å². The van der Waals surface area contributed by atoms with Crippen molar-refractivity contribution in [3.05, 3.63) is 28.7 Å². The van der Waals surface area contributed by atoms with Crippen molar-refractivity contribution in [2.45, 2.75) is 38.6 Å². The molecule has 10 heteroatoms. The number of piperazine rings is 1. The van der Waals surface area contributed by atoms with Crippen molar-refractivity contribution in [3.8, 4) is 0 Å². The molecule has 1 aromatic carbocycles. The summed E-state index contributed by atoms with van der Waals surface area (Å²) < 4.78 is 34.5. The maximum atomic E-state index is 13.2. The van der Waals surface area contributed by atoms with Crippen LogP contribution in [0.5, 0.6) is 0 Å². The molecular weight excluding hydrogens is 432 g/mol. The zero-order valence-corrected chi connectivity index (χ0v) is 19.8. The average molecular weight is 465 g/mol. The molecule has 176 valence electrons. The third kappa shape index (κ3) is 4.49. The number of carbonyl (C=O) groups is 1. The van der Waals surface area contributed by atoms with Crippen LogP contribution in [0.15, 0.2) is 32.3 Å². The second-order valence-electron chi connectivity index (χ2n) is 9.17. The van der Waals surface area contributed by atoms with Crippen LogP contribution in [0, 0.1) is 11.8 Å². The Bertz CT molecular complexity index is 1140. The number of likely N-dealkylation sites (N-methyl/N-ethyl adjacent to an activating group) is 1. The van der Waals surface area contributed by atoms with E-state index in [9.17, 15) is 18.0 Å². The van der Waals surface area contributed by atoms with Crippen molar-refractivity contribution in [3.63, 3.8) is 0 Å². The molecule has 2 saturated heterocycles. The van der Waals surface area contributed by atoms with Gasteiger partial charge in [0.15, 0.2) is 5.58 Å². The monoisotopic (exact) mass is 464 g/mol. The Morgan fingerprint density at radius 2 is 1.75 bits per heavy atom. The summed E-state index contributed by atoms with van der Waals surface area (Å²) in [5, 5.41) is 0. The largest absolute Gasteiger partial charge is 0.420 e. The average Bonchev–Trinajstić information content (AvgIpc) is 3.07. The van der Waals surface area contributed by atoms with Gasteiger partial charge in [-0.15, -0.1) is 0 Å². The molecule has 4 rings (SSSR count). The normalized spacial score (nSPS) is 23.7. The number of nitrogens with zero attached hydrogens (tertiary/aromatic N) is 4. The molecule has 1 aromatic heterocycles. The number of hydrogen-bond donors (Lipinski definition) is 0. The number of amides is 1. The van der Waals surface area contributed by atoms with Crippen LogP contribution >= 0.6 is 0 Å². The van der Waals surface area contributed by atoms with Gasteiger partial charge in [-0.2, -0.15) is 4.31 Å². The first-order chi connectivity index (χ1) is 15.2. The lowest BCUT2D eigenvalue weighted by molar-refractivity contribution is -0.133. The summed E-state index contributed by atoms with van der Waals surface area (Å²) in [5.74, 6) is -0.211. The van der Waals surface area contributed by atoms with Gasteiger partial charge in [-0.3, -0.25) is 9.36 Å². The van der Waals surface area contributed by atoms with Crippen LogP contribution in [-0.4, -0.2) is 78.8 Å². The fourth-order valence-corrected chi connectivity index (χ4v) is 6.55. The highest BCUT2D eigenvalue weighted by Crippen LogP contribution is 2.28. The van der Waals surface area contributed by atoms with E-state index in [4.69, 9.17) is 4.42 Å². The van der Waals surface area contributed by atoms with Gasteiger partial charge in [-0.25, -0.2) is 13.2 Å². The third-order valence-corrected chi connectivity index (χ3v) is 8.41. The van der Waals surface area contributed by atoms with E-state index in [1.54, 1.807) is 11.0 Å². The second kappa shape index (κ2) is 8.99. The van der Waals surface area contributed by atoms with Gasteiger partial charge < -0.3 is 14.2 Å². The zero-order chi connectivity index (χ0) is 23.0. The first-order valence-electron chi connectivity index (χ1n) is 11.3. The minimum atomic E-state index is -3.69. The van der Waals surface area contributed by atoms with E-state index in [1.165, 1.54) is 21.0 Å². The Hall–Kier alpha value is -2.17. The van der Waals surface area contributed by atoms with E-state index >= 15 is 0 Å². The molecule has 0 N–H and O–H groups in total. The Labute approximate surface area is 188 Å². The highest BCUT2D eigenvalue weighted by atomic mass is 32.2. The van der Waals surface area contributed by atoms with Crippen LogP contribution in [0.3, 0.4) is 0 Å². The summed E-state index contributed by atoms with van der Waals surface area (Å²) in [6.45, 7) is 10.9. The van der Waals surface area contributed by atoms with Gasteiger partial charge in [-0.1, -0.05) is 20.8 Å². The smallest absolute Gasteiger partial charge is 0.408 e. The lowest BCUT2D eigenvalue weighted by Crippen LogP contribution is -2.49. The topological polar surface area (TPSA) is 96.1 Å². The van der Waals surface area contributed by atoms with Crippen molar-refractivity contribution in [1.29, 1.82) is 0 Å². The van der Waals surface area contributed by atoms with Crippen molar-refractivity contribution in [2.24, 2.45) is 11.8 Å². The molecule has 0 radical (unpaired) electrons. The first kappa shape index (κ1) is 23.0. The van der Waals surface area contributed by atoms with Gasteiger partial charge in [0, 0.05) is 45.3 Å². The van der Waals surface area contributed by atoms with Crippen LogP contribution < -0.4 is 5.76 Å². The Kier molecular flexibility index (Phi) is 6.46. The van der Waals surface area contributed by atoms with Crippen molar-refractivity contribution in [2.75, 3.05) is 45.8 Å². The summed E-state index contributed by atoms with van der Waals surface area (Å²) in [7, 11) is -3.69. The highest BCUT2D eigenvalue weighted by molar-refractivity contribution is 7.89. The number of fused-ring (bicyclic) bond motifs is 1. The SMILES string of the molecule is CCN1CCN(C(=O)Cn2c(=O)oc3cc(S(=O)(=O)N4CC(C)CC(C)C4)ccc32)CC1. The lowest BCUT2D eigenvalue weighted by atomic mass is 9.94. The number of hydrogen-bond acceptors (Lipinski definition) is 6. The van der Waals surface area contributed by atoms with Gasteiger partial charge in [0.05, 0.1) is 10.4 Å². The maximum absolute atomic E-state index is 13.2. The molecule has 32 heavy (non-hydrogen) atoms. The first-order valence-corrected chi connectivity index (χ1v) is 12.8. The molecule has 9 nitrogen and oxygen atoms in total. The lowest BCUT2D eigenvalue weighted by Gasteiger charge is -2.34. The Morgan fingerprint density at radius 3 is 2.38 bits per heavy atom. The molecule has 2 unspecified atom stereocenters. The molecule has 3 heterocycles. The van der Waals surface area contributed by atoms with Crippen LogP contribution in [0.2, 0.25) is 0 Å². The molecule has 1 amide bonds. The van der Waals surface area contributed by atoms with E-state index in [0.717, 1.165) is 26.1 Å². The third-order valence-electron chi connectivity index (χ3n) is 6.58. The maximum Gasteiger partial charge on any atom is 0.420 e. The van der Waals surface area contributed by atoms with E-state index in [2.05, 4.69) is 25.7 Å². The standard InChI is InChI=1S/C22H32N4O5S/c1-4-23-7-9-24(10-8-23)21(27)15-26-19-6-5-18(12-20(19)31-22(26)28)32(29,30)25-13-16(2)11-17(3)14-25/h5-6,12,16-17H,4,7-11,13-15H2,1-3H3. The number of piperidine rings is 1. The van der Waals surface area contributed by atoms with Crippen LogP contribution in [-0.2, 0) is 21.4 Å². The van der Waals surface area contributed by atoms with E-state index in [1.807, 2.05) is 0 Å². The minimum absolute atomic E-state index is 0.106. The van der Waals surface area contributed by atoms with E-state index < -0.39 is 15.8 Å². The number of rotatable bonds is 5. The number of oxazole rings is 1. The Balaban J connectivity index is 1.55. The molecule has 0 saturated carbocycles. The fourth-order valence-electron chi connectivity index (χ4n) is 4.86. The summed E-state index contributed by atoms with van der Waals surface area (Å²) in [4.78, 5) is 29.4. The molecule has 2 fully saturated rings. The van der Waals surface area contributed by atoms with E-state index in [-0.39, 0.29) is 22.9 Å². The molecule has 2 aliphatic heterocycles. The van der Waals surface area contributed by atoms with Gasteiger partial charge in [0.25, 0.3) is 0 Å². The molecule has 2 atom stereocenters. The summed E-state index contributed by atoms with van der Waals surface area (Å²) in [6.07, 6.45) is 1.00. The van der Waals surface area contributed by atoms with Gasteiger partial charge in [0.1, 0.15) is 6.54 Å². The number of carbonyl (C=O) groups excluding carboxylic acids is 1. The quantitative estimate of drug-likeness (QED) is 0.664. The van der Waals surface area contributed by atoms with Crippen molar-refractivity contribution in [1.82, 2.24) is 18.7 Å². The number of sulfonamides is 1. The second-order valence-corrected chi connectivity index (χ2v) is 11.1. The van der Waals surface area contributed by atoms with Crippen LogP contribution in [0.4, 0.5) is 0 Å². The summed E-state index contributed by atoms with van der Waals surface area (Å²) in [5.41, 5.74) is 0.604. The fraction of sp³-hybridized carbons (Fsp3) is 0.636. The van der Waals surface area contributed by atoms with Gasteiger partial charge >= 0.3 is 5.76 Å². The van der Waals surface area contributed by atoms with Crippen molar-refractivity contribution >= 4 is 27.0 Å². The predicted molar refractivity (Wildman–Crippen MR) is 121 cm³/mol. The number of aromatic nitrogens is 1. The van der Waals surface area contributed by atoms with E-state index in [0.29, 0.717) is 43.5 Å². The number of benzene rings is 1. The summed E-state index contributed by atoms with van der Waals surface area (Å²) >= 11 is 0. The molecule has 0 aliphatic carbocycles. The van der Waals surface area contributed by atoms with Crippen molar-refractivity contribution < 1.29 is 17.6 Å².